The lowest BCUT2D eigenvalue weighted by atomic mass is 10.0. The quantitative estimate of drug-likeness (QED) is 0.827. The Morgan fingerprint density at radius 3 is 2.62 bits per heavy atom. The van der Waals surface area contributed by atoms with E-state index in [0.717, 1.165) is 23.0 Å². The maximum Gasteiger partial charge on any atom is 0.261 e. The summed E-state index contributed by atoms with van der Waals surface area (Å²) in [6.07, 6.45) is 1.90. The standard InChI is InChI=1S/C12H18BrNOS/c1-4-9-6-7-10(16-9)11(15)14-12(3,5-2)8-13/h6-7H,4-5,8H2,1-3H3,(H,14,15). The molecule has 0 aliphatic rings. The Balaban J connectivity index is 2.71. The molecule has 0 radical (unpaired) electrons. The number of hydrogen-bond acceptors (Lipinski definition) is 2. The smallest absolute Gasteiger partial charge is 0.261 e. The van der Waals surface area contributed by atoms with Crippen molar-refractivity contribution < 1.29 is 4.79 Å². The molecule has 16 heavy (non-hydrogen) atoms. The average molecular weight is 304 g/mol. The van der Waals surface area contributed by atoms with Crippen LogP contribution in [0.15, 0.2) is 12.1 Å². The maximum absolute atomic E-state index is 12.0. The zero-order valence-corrected chi connectivity index (χ0v) is 12.4. The molecule has 1 atom stereocenters. The van der Waals surface area contributed by atoms with E-state index >= 15 is 0 Å². The van der Waals surface area contributed by atoms with E-state index in [-0.39, 0.29) is 11.4 Å². The molecule has 0 saturated carbocycles. The van der Waals surface area contributed by atoms with Crippen LogP contribution in [0.4, 0.5) is 0 Å². The fourth-order valence-corrected chi connectivity index (χ4v) is 2.62. The molecular formula is C12H18BrNOS. The molecule has 1 unspecified atom stereocenters. The Kier molecular flexibility index (Phi) is 4.99. The first kappa shape index (κ1) is 13.7. The van der Waals surface area contributed by atoms with E-state index in [1.807, 2.05) is 19.1 Å². The van der Waals surface area contributed by atoms with Crippen LogP contribution >= 0.6 is 27.3 Å². The maximum atomic E-state index is 12.0. The largest absolute Gasteiger partial charge is 0.345 e. The van der Waals surface area contributed by atoms with E-state index in [9.17, 15) is 4.79 Å². The number of hydrogen-bond donors (Lipinski definition) is 1. The van der Waals surface area contributed by atoms with Crippen LogP contribution in [0.5, 0.6) is 0 Å². The van der Waals surface area contributed by atoms with Crippen molar-refractivity contribution in [1.82, 2.24) is 5.32 Å². The molecular weight excluding hydrogens is 286 g/mol. The van der Waals surface area contributed by atoms with Gasteiger partial charge in [-0.3, -0.25) is 4.79 Å². The first-order chi connectivity index (χ1) is 7.54. The number of halogens is 1. The predicted molar refractivity (Wildman–Crippen MR) is 73.7 cm³/mol. The molecule has 0 fully saturated rings. The highest BCUT2D eigenvalue weighted by atomic mass is 79.9. The van der Waals surface area contributed by atoms with Gasteiger partial charge in [0.2, 0.25) is 0 Å². The number of carbonyl (C=O) groups excluding carboxylic acids is 1. The molecule has 1 amide bonds. The van der Waals surface area contributed by atoms with Crippen LogP contribution in [0.1, 0.15) is 41.7 Å². The minimum Gasteiger partial charge on any atom is -0.345 e. The second-order valence-corrected chi connectivity index (χ2v) is 5.85. The molecule has 0 aliphatic heterocycles. The predicted octanol–water partition coefficient (Wildman–Crippen LogP) is 3.60. The SMILES string of the molecule is CCc1ccc(C(=O)NC(C)(CC)CBr)s1. The number of aryl methyl sites for hydroxylation is 1. The van der Waals surface area contributed by atoms with Gasteiger partial charge in [0.1, 0.15) is 0 Å². The minimum atomic E-state index is -0.159. The number of alkyl halides is 1. The van der Waals surface area contributed by atoms with Gasteiger partial charge in [0, 0.05) is 15.7 Å². The first-order valence-electron chi connectivity index (χ1n) is 5.52. The third-order valence-electron chi connectivity index (χ3n) is 2.72. The van der Waals surface area contributed by atoms with Gasteiger partial charge in [0.05, 0.1) is 4.88 Å². The van der Waals surface area contributed by atoms with Crippen molar-refractivity contribution in [1.29, 1.82) is 0 Å². The van der Waals surface area contributed by atoms with Crippen molar-refractivity contribution in [3.05, 3.63) is 21.9 Å². The van der Waals surface area contributed by atoms with Crippen LogP contribution in [-0.4, -0.2) is 16.8 Å². The number of amides is 1. The second kappa shape index (κ2) is 5.82. The van der Waals surface area contributed by atoms with Crippen molar-refractivity contribution in [2.45, 2.75) is 39.2 Å². The van der Waals surface area contributed by atoms with Gasteiger partial charge in [-0.05, 0) is 31.9 Å². The minimum absolute atomic E-state index is 0.0356. The Bertz CT molecular complexity index is 358. The highest BCUT2D eigenvalue weighted by molar-refractivity contribution is 9.09. The van der Waals surface area contributed by atoms with Crippen molar-refractivity contribution in [3.63, 3.8) is 0 Å². The van der Waals surface area contributed by atoms with Gasteiger partial charge in [0.25, 0.3) is 5.91 Å². The van der Waals surface area contributed by atoms with Gasteiger partial charge >= 0.3 is 0 Å². The van der Waals surface area contributed by atoms with Crippen LogP contribution in [0.2, 0.25) is 0 Å². The molecule has 0 spiro atoms. The van der Waals surface area contributed by atoms with E-state index in [1.54, 1.807) is 11.3 Å². The summed E-state index contributed by atoms with van der Waals surface area (Å²) in [6, 6.07) is 3.93. The van der Waals surface area contributed by atoms with E-state index in [0.29, 0.717) is 0 Å². The Morgan fingerprint density at radius 2 is 2.19 bits per heavy atom. The van der Waals surface area contributed by atoms with Gasteiger partial charge in [0.15, 0.2) is 0 Å². The fourth-order valence-electron chi connectivity index (χ4n) is 1.24. The van der Waals surface area contributed by atoms with Crippen molar-refractivity contribution >= 4 is 33.2 Å². The zero-order valence-electron chi connectivity index (χ0n) is 9.97. The molecule has 2 nitrogen and oxygen atoms in total. The fraction of sp³-hybridized carbons (Fsp3) is 0.583. The second-order valence-electron chi connectivity index (χ2n) is 4.12. The number of nitrogens with one attached hydrogen (secondary N) is 1. The van der Waals surface area contributed by atoms with Gasteiger partial charge in [-0.2, -0.15) is 0 Å². The van der Waals surface area contributed by atoms with Crippen molar-refractivity contribution in [2.75, 3.05) is 5.33 Å². The molecule has 0 bridgehead atoms. The molecule has 1 rings (SSSR count). The highest BCUT2D eigenvalue weighted by Gasteiger charge is 2.23. The van der Waals surface area contributed by atoms with Crippen LogP contribution in [-0.2, 0) is 6.42 Å². The van der Waals surface area contributed by atoms with Gasteiger partial charge in [-0.15, -0.1) is 11.3 Å². The van der Waals surface area contributed by atoms with Crippen LogP contribution in [0.3, 0.4) is 0 Å². The van der Waals surface area contributed by atoms with E-state index in [4.69, 9.17) is 0 Å². The summed E-state index contributed by atoms with van der Waals surface area (Å²) in [7, 11) is 0. The van der Waals surface area contributed by atoms with Crippen molar-refractivity contribution in [2.24, 2.45) is 0 Å². The summed E-state index contributed by atoms with van der Waals surface area (Å²) < 4.78 is 0. The Labute approximate surface area is 110 Å². The monoisotopic (exact) mass is 303 g/mol. The molecule has 0 aromatic carbocycles. The van der Waals surface area contributed by atoms with Crippen LogP contribution in [0.25, 0.3) is 0 Å². The van der Waals surface area contributed by atoms with Crippen LogP contribution < -0.4 is 5.32 Å². The normalized spacial score (nSPS) is 14.5. The summed E-state index contributed by atoms with van der Waals surface area (Å²) in [5.74, 6) is 0.0356. The highest BCUT2D eigenvalue weighted by Crippen LogP contribution is 2.19. The Hall–Kier alpha value is -0.350. The summed E-state index contributed by atoms with van der Waals surface area (Å²) in [5, 5.41) is 3.84. The first-order valence-corrected chi connectivity index (χ1v) is 7.45. The average Bonchev–Trinajstić information content (AvgIpc) is 2.77. The number of rotatable bonds is 5. The number of thiophene rings is 1. The molecule has 1 aromatic rings. The van der Waals surface area contributed by atoms with E-state index in [2.05, 4.69) is 35.1 Å². The zero-order chi connectivity index (χ0) is 12.2. The molecule has 1 aromatic heterocycles. The summed E-state index contributed by atoms with van der Waals surface area (Å²) in [6.45, 7) is 6.23. The molecule has 0 saturated heterocycles. The summed E-state index contributed by atoms with van der Waals surface area (Å²) in [5.41, 5.74) is -0.159. The van der Waals surface area contributed by atoms with Crippen LogP contribution in [0, 0.1) is 0 Å². The third-order valence-corrected chi connectivity index (χ3v) is 5.19. The summed E-state index contributed by atoms with van der Waals surface area (Å²) in [4.78, 5) is 14.0. The lowest BCUT2D eigenvalue weighted by molar-refractivity contribution is 0.0917. The van der Waals surface area contributed by atoms with Gasteiger partial charge < -0.3 is 5.32 Å². The Morgan fingerprint density at radius 1 is 1.50 bits per heavy atom. The van der Waals surface area contributed by atoms with Crippen molar-refractivity contribution in [3.8, 4) is 0 Å². The van der Waals surface area contributed by atoms with E-state index in [1.165, 1.54) is 4.88 Å². The number of carbonyl (C=O) groups is 1. The van der Waals surface area contributed by atoms with Gasteiger partial charge in [-0.25, -0.2) is 0 Å². The summed E-state index contributed by atoms with van der Waals surface area (Å²) >= 11 is 5.02. The third kappa shape index (κ3) is 3.32. The lowest BCUT2D eigenvalue weighted by Gasteiger charge is -2.26. The topological polar surface area (TPSA) is 29.1 Å². The molecule has 1 heterocycles. The molecule has 90 valence electrons. The molecule has 4 heteroatoms. The molecule has 0 aliphatic carbocycles. The van der Waals surface area contributed by atoms with E-state index < -0.39 is 0 Å². The lowest BCUT2D eigenvalue weighted by Crippen LogP contribution is -2.46. The van der Waals surface area contributed by atoms with Gasteiger partial charge in [-0.1, -0.05) is 29.8 Å². The molecule has 1 N–H and O–H groups in total.